The van der Waals surface area contributed by atoms with E-state index < -0.39 is 11.7 Å². The molecule has 4 N–H and O–H groups in total. The lowest BCUT2D eigenvalue weighted by Gasteiger charge is -2.18. The molecule has 0 saturated carbocycles. The molecule has 2 heterocycles. The van der Waals surface area contributed by atoms with Crippen LogP contribution in [0.2, 0.25) is 0 Å². The highest BCUT2D eigenvalue weighted by atomic mass is 19.1. The topological polar surface area (TPSA) is 120 Å². The van der Waals surface area contributed by atoms with E-state index in [1.54, 1.807) is 23.1 Å². The van der Waals surface area contributed by atoms with E-state index in [-0.39, 0.29) is 34.3 Å². The molecule has 3 aromatic rings. The Morgan fingerprint density at radius 3 is 2.62 bits per heavy atom. The third kappa shape index (κ3) is 4.42. The smallest absolute Gasteiger partial charge is 0.254 e. The highest BCUT2D eigenvalue weighted by molar-refractivity contribution is 5.98. The number of methoxy groups -OCH3 is 1. The number of anilines is 4. The first-order valence-corrected chi connectivity index (χ1v) is 8.77. The normalized spacial score (nSPS) is 11.2. The van der Waals surface area contributed by atoms with Crippen molar-refractivity contribution in [3.8, 4) is 5.75 Å². The number of nitrogens with zero attached hydrogens (tertiary/aromatic N) is 4. The lowest BCUT2D eigenvalue weighted by atomic mass is 10.1. The summed E-state index contributed by atoms with van der Waals surface area (Å²) in [4.78, 5) is 20.2. The van der Waals surface area contributed by atoms with E-state index in [1.165, 1.54) is 25.4 Å². The van der Waals surface area contributed by atoms with Crippen LogP contribution in [-0.2, 0) is 5.54 Å². The molecule has 0 aliphatic heterocycles. The van der Waals surface area contributed by atoms with E-state index in [0.29, 0.717) is 5.69 Å². The molecule has 0 fully saturated rings. The number of para-hydroxylation sites is 1. The molecular formula is C19H22FN7O2. The lowest BCUT2D eigenvalue weighted by molar-refractivity contribution is 0.100. The summed E-state index contributed by atoms with van der Waals surface area (Å²) in [6.07, 6.45) is 4.70. The number of amides is 1. The number of nitrogens with one attached hydrogen (secondary N) is 2. The van der Waals surface area contributed by atoms with E-state index in [4.69, 9.17) is 10.5 Å². The molecule has 0 unspecified atom stereocenters. The summed E-state index contributed by atoms with van der Waals surface area (Å²) in [6.45, 7) is 6.06. The van der Waals surface area contributed by atoms with Gasteiger partial charge in [-0.05, 0) is 32.9 Å². The number of nitrogens with two attached hydrogens (primary N) is 1. The van der Waals surface area contributed by atoms with Gasteiger partial charge in [-0.2, -0.15) is 10.1 Å². The van der Waals surface area contributed by atoms with Crippen LogP contribution in [0.1, 0.15) is 31.1 Å². The van der Waals surface area contributed by atoms with Gasteiger partial charge in [0.2, 0.25) is 5.95 Å². The molecule has 9 nitrogen and oxygen atoms in total. The van der Waals surface area contributed by atoms with Gasteiger partial charge >= 0.3 is 0 Å². The van der Waals surface area contributed by atoms with Crippen LogP contribution in [0, 0.1) is 5.82 Å². The average Bonchev–Trinajstić information content (AvgIpc) is 3.12. The first kappa shape index (κ1) is 20.1. The number of hydrogen-bond donors (Lipinski definition) is 3. The maximum atomic E-state index is 14.3. The molecule has 0 saturated heterocycles. The number of benzene rings is 1. The number of primary amides is 1. The Balaban J connectivity index is 1.95. The first-order valence-electron chi connectivity index (χ1n) is 8.77. The van der Waals surface area contributed by atoms with Crippen LogP contribution in [0.3, 0.4) is 0 Å². The first-order chi connectivity index (χ1) is 13.7. The van der Waals surface area contributed by atoms with Crippen molar-refractivity contribution in [2.24, 2.45) is 5.73 Å². The zero-order chi connectivity index (χ0) is 21.2. The molecule has 3 rings (SSSR count). The number of ether oxygens (including phenoxy) is 1. The maximum absolute atomic E-state index is 14.3. The van der Waals surface area contributed by atoms with Gasteiger partial charge < -0.3 is 21.1 Å². The molecular weight excluding hydrogens is 377 g/mol. The van der Waals surface area contributed by atoms with Crippen molar-refractivity contribution in [2.45, 2.75) is 26.3 Å². The Hall–Kier alpha value is -3.69. The number of rotatable bonds is 6. The number of hydrogen-bond acceptors (Lipinski definition) is 7. The molecule has 0 aliphatic carbocycles. The fourth-order valence-electron chi connectivity index (χ4n) is 2.52. The van der Waals surface area contributed by atoms with Crippen LogP contribution >= 0.6 is 0 Å². The molecule has 0 spiro atoms. The highest BCUT2D eigenvalue weighted by Gasteiger charge is 2.18. The van der Waals surface area contributed by atoms with Crippen LogP contribution in [0.25, 0.3) is 0 Å². The minimum absolute atomic E-state index is 0.00578. The van der Waals surface area contributed by atoms with Gasteiger partial charge in [-0.1, -0.05) is 6.07 Å². The van der Waals surface area contributed by atoms with Gasteiger partial charge in [0, 0.05) is 12.4 Å². The molecule has 1 aromatic carbocycles. The van der Waals surface area contributed by atoms with Gasteiger partial charge in [-0.3, -0.25) is 9.48 Å². The van der Waals surface area contributed by atoms with Crippen molar-refractivity contribution in [1.82, 2.24) is 19.7 Å². The molecule has 29 heavy (non-hydrogen) atoms. The second-order valence-corrected chi connectivity index (χ2v) is 7.23. The van der Waals surface area contributed by atoms with Crippen LogP contribution < -0.4 is 21.1 Å². The number of aromatic nitrogens is 4. The monoisotopic (exact) mass is 399 g/mol. The highest BCUT2D eigenvalue weighted by Crippen LogP contribution is 2.31. The summed E-state index contributed by atoms with van der Waals surface area (Å²) in [5, 5.41) is 10.1. The standard InChI is InChI=1S/C19H22FN7O2/c1-19(2,3)27-10-11(8-23-27)24-18-22-9-12(16(21)28)17(26-18)25-15-13(20)6-5-7-14(15)29-4/h5-10H,1-4H3,(H2,21,28)(H2,22,24,25,26). The van der Waals surface area contributed by atoms with Crippen LogP contribution in [0.15, 0.2) is 36.8 Å². The molecule has 152 valence electrons. The van der Waals surface area contributed by atoms with Crippen molar-refractivity contribution in [3.05, 3.63) is 48.2 Å². The Kier molecular flexibility index (Phi) is 5.35. The van der Waals surface area contributed by atoms with E-state index in [2.05, 4.69) is 25.7 Å². The SMILES string of the molecule is COc1cccc(F)c1Nc1nc(Nc2cnn(C(C)(C)C)c2)ncc1C(N)=O. The summed E-state index contributed by atoms with van der Waals surface area (Å²) < 4.78 is 21.2. The van der Waals surface area contributed by atoms with Crippen molar-refractivity contribution in [3.63, 3.8) is 0 Å². The molecule has 0 bridgehead atoms. The maximum Gasteiger partial charge on any atom is 0.254 e. The predicted octanol–water partition coefficient (Wildman–Crippen LogP) is 3.16. The second kappa shape index (κ2) is 7.74. The Morgan fingerprint density at radius 2 is 2.00 bits per heavy atom. The van der Waals surface area contributed by atoms with Gasteiger partial charge in [0.1, 0.15) is 22.8 Å². The number of carbonyl (C=O) groups excluding carboxylic acids is 1. The summed E-state index contributed by atoms with van der Waals surface area (Å²) >= 11 is 0. The molecule has 1 amide bonds. The Morgan fingerprint density at radius 1 is 1.24 bits per heavy atom. The summed E-state index contributed by atoms with van der Waals surface area (Å²) in [7, 11) is 1.41. The minimum Gasteiger partial charge on any atom is -0.494 e. The predicted molar refractivity (Wildman–Crippen MR) is 107 cm³/mol. The molecule has 0 radical (unpaired) electrons. The molecule has 10 heteroatoms. The molecule has 0 atom stereocenters. The largest absolute Gasteiger partial charge is 0.494 e. The van der Waals surface area contributed by atoms with Gasteiger partial charge in [-0.15, -0.1) is 0 Å². The minimum atomic E-state index is -0.755. The van der Waals surface area contributed by atoms with Crippen molar-refractivity contribution < 1.29 is 13.9 Å². The van der Waals surface area contributed by atoms with Gasteiger partial charge in [0.15, 0.2) is 5.82 Å². The van der Waals surface area contributed by atoms with E-state index in [0.717, 1.165) is 0 Å². The van der Waals surface area contributed by atoms with Crippen molar-refractivity contribution in [2.75, 3.05) is 17.7 Å². The third-order valence-electron chi connectivity index (χ3n) is 4.02. The Bertz CT molecular complexity index is 1040. The lowest BCUT2D eigenvalue weighted by Crippen LogP contribution is -2.21. The third-order valence-corrected chi connectivity index (χ3v) is 4.02. The zero-order valence-electron chi connectivity index (χ0n) is 16.5. The van der Waals surface area contributed by atoms with E-state index in [9.17, 15) is 9.18 Å². The van der Waals surface area contributed by atoms with Gasteiger partial charge in [-0.25, -0.2) is 9.37 Å². The molecule has 0 aliphatic rings. The van der Waals surface area contributed by atoms with Gasteiger partial charge in [0.25, 0.3) is 5.91 Å². The van der Waals surface area contributed by atoms with Crippen molar-refractivity contribution >= 4 is 29.0 Å². The quantitative estimate of drug-likeness (QED) is 0.582. The summed E-state index contributed by atoms with van der Waals surface area (Å²) in [5.74, 6) is -0.850. The zero-order valence-corrected chi connectivity index (χ0v) is 16.5. The fourth-order valence-corrected chi connectivity index (χ4v) is 2.52. The number of carbonyl (C=O) groups is 1. The van der Waals surface area contributed by atoms with E-state index in [1.807, 2.05) is 20.8 Å². The van der Waals surface area contributed by atoms with Gasteiger partial charge in [0.05, 0.1) is 24.5 Å². The van der Waals surface area contributed by atoms with Crippen LogP contribution in [-0.4, -0.2) is 32.8 Å². The summed E-state index contributed by atoms with van der Waals surface area (Å²) in [6, 6.07) is 4.35. The average molecular weight is 399 g/mol. The second-order valence-electron chi connectivity index (χ2n) is 7.23. The van der Waals surface area contributed by atoms with Crippen molar-refractivity contribution in [1.29, 1.82) is 0 Å². The number of halogens is 1. The van der Waals surface area contributed by atoms with Crippen LogP contribution in [0.5, 0.6) is 5.75 Å². The molecule has 2 aromatic heterocycles. The Labute approximate surface area is 167 Å². The van der Waals surface area contributed by atoms with Crippen LogP contribution in [0.4, 0.5) is 27.5 Å². The fraction of sp³-hybridized carbons (Fsp3) is 0.263. The summed E-state index contributed by atoms with van der Waals surface area (Å²) in [5.41, 5.74) is 5.91. The van der Waals surface area contributed by atoms with E-state index >= 15 is 0 Å².